The molecule has 0 aliphatic rings. The van der Waals surface area contributed by atoms with Crippen LogP contribution in [0.2, 0.25) is 0 Å². The molecule has 3 aromatic carbocycles. The fraction of sp³-hybridized carbons (Fsp3) is 0.280. The summed E-state index contributed by atoms with van der Waals surface area (Å²) in [7, 11) is 1.50. The fourth-order valence-corrected chi connectivity index (χ4v) is 2.03. The van der Waals surface area contributed by atoms with E-state index in [9.17, 15) is 0 Å². The van der Waals surface area contributed by atoms with Crippen LogP contribution in [0.25, 0.3) is 0 Å². The number of hydrogen-bond acceptors (Lipinski definition) is 2. The first-order valence-corrected chi connectivity index (χ1v) is 9.39. The minimum absolute atomic E-state index is 0. The highest BCUT2D eigenvalue weighted by molar-refractivity contribution is 14.0. The Morgan fingerprint density at radius 2 is 0.786 bits per heavy atom. The van der Waals surface area contributed by atoms with Gasteiger partial charge in [-0.15, -0.1) is 24.0 Å². The van der Waals surface area contributed by atoms with E-state index in [0.29, 0.717) is 0 Å². The van der Waals surface area contributed by atoms with E-state index >= 15 is 0 Å². The predicted octanol–water partition coefficient (Wildman–Crippen LogP) is 6.63. The summed E-state index contributed by atoms with van der Waals surface area (Å²) in [5, 5.41) is 0. The van der Waals surface area contributed by atoms with Crippen molar-refractivity contribution in [2.75, 3.05) is 12.8 Å². The van der Waals surface area contributed by atoms with Gasteiger partial charge >= 0.3 is 0 Å². The lowest BCUT2D eigenvalue weighted by Crippen LogP contribution is -1.81. The molecule has 0 aliphatic carbocycles. The molecule has 0 aliphatic heterocycles. The third kappa shape index (κ3) is 14.2. The maximum atomic E-state index is 5.43. The summed E-state index contributed by atoms with van der Waals surface area (Å²) in [5.74, 6) is 0. The second-order valence-electron chi connectivity index (χ2n) is 6.40. The largest absolute Gasteiger partial charge is 0.399 e. The Morgan fingerprint density at radius 3 is 1.04 bits per heavy atom. The van der Waals surface area contributed by atoms with Crippen LogP contribution < -0.4 is 11.5 Å². The van der Waals surface area contributed by atoms with E-state index in [1.807, 2.05) is 31.2 Å². The lowest BCUT2D eigenvalue weighted by atomic mass is 10.1. The second-order valence-corrected chi connectivity index (χ2v) is 6.40. The van der Waals surface area contributed by atoms with Crippen LogP contribution in [0, 0.1) is 27.7 Å². The highest BCUT2D eigenvalue weighted by Crippen LogP contribution is 2.03. The molecule has 3 heteroatoms. The predicted molar refractivity (Wildman–Crippen MR) is 138 cm³/mol. The van der Waals surface area contributed by atoms with E-state index in [2.05, 4.69) is 82.0 Å². The number of rotatable bonds is 1. The summed E-state index contributed by atoms with van der Waals surface area (Å²) in [4.78, 5) is 0. The molecule has 0 aromatic heterocycles. The Bertz CT molecular complexity index is 633. The number of anilines is 1. The number of benzene rings is 3. The molecule has 0 saturated carbocycles. The first kappa shape index (κ1) is 28.4. The molecule has 0 fully saturated rings. The summed E-state index contributed by atoms with van der Waals surface area (Å²) < 4.78 is 0. The van der Waals surface area contributed by atoms with Crippen LogP contribution in [-0.4, -0.2) is 7.05 Å². The van der Waals surface area contributed by atoms with E-state index in [-0.39, 0.29) is 24.0 Å². The van der Waals surface area contributed by atoms with Crippen molar-refractivity contribution in [3.05, 3.63) is 101 Å². The normalized spacial score (nSPS) is 8.54. The molecule has 4 N–H and O–H groups in total. The zero-order valence-electron chi connectivity index (χ0n) is 18.2. The van der Waals surface area contributed by atoms with E-state index in [1.165, 1.54) is 34.9 Å². The van der Waals surface area contributed by atoms with Crippen molar-refractivity contribution in [3.63, 3.8) is 0 Å². The Labute approximate surface area is 189 Å². The average molecular weight is 492 g/mol. The third-order valence-electron chi connectivity index (χ3n) is 3.82. The molecule has 28 heavy (non-hydrogen) atoms. The van der Waals surface area contributed by atoms with Crippen molar-refractivity contribution in [3.8, 4) is 0 Å². The number of hydrogen-bond donors (Lipinski definition) is 2. The third-order valence-corrected chi connectivity index (χ3v) is 3.82. The topological polar surface area (TPSA) is 52.0 Å². The molecule has 154 valence electrons. The Balaban J connectivity index is 0. The number of nitrogens with two attached hydrogens (primary N) is 2. The number of nitrogen functional groups attached to an aromatic ring is 1. The zero-order chi connectivity index (χ0) is 20.7. The minimum Gasteiger partial charge on any atom is -0.399 e. The van der Waals surface area contributed by atoms with Gasteiger partial charge in [-0.1, -0.05) is 89.8 Å². The highest BCUT2D eigenvalue weighted by Gasteiger charge is 1.85. The number of halogens is 1. The molecule has 0 saturated heterocycles. The van der Waals surface area contributed by atoms with Crippen molar-refractivity contribution in [2.45, 2.75) is 41.0 Å². The van der Waals surface area contributed by atoms with Crippen molar-refractivity contribution in [1.29, 1.82) is 0 Å². The summed E-state index contributed by atoms with van der Waals surface area (Å²) in [6.07, 6.45) is 1.14. The highest BCUT2D eigenvalue weighted by atomic mass is 127. The minimum atomic E-state index is 0. The van der Waals surface area contributed by atoms with Crippen molar-refractivity contribution in [1.82, 2.24) is 0 Å². The monoisotopic (exact) mass is 492 g/mol. The van der Waals surface area contributed by atoms with Gasteiger partial charge in [-0.3, -0.25) is 0 Å². The van der Waals surface area contributed by atoms with Crippen LogP contribution >= 0.6 is 24.0 Å². The van der Waals surface area contributed by atoms with Crippen LogP contribution in [-0.2, 0) is 6.42 Å². The molecule has 0 radical (unpaired) electrons. The quantitative estimate of drug-likeness (QED) is 0.296. The molecule has 0 atom stereocenters. The molecule has 2 nitrogen and oxygen atoms in total. The molecule has 0 amide bonds. The second kappa shape index (κ2) is 17.3. The smallest absolute Gasteiger partial charge is 0.0314 e. The summed E-state index contributed by atoms with van der Waals surface area (Å²) in [6, 6.07) is 24.9. The molecule has 0 heterocycles. The van der Waals surface area contributed by atoms with Gasteiger partial charge in [-0.2, -0.15) is 0 Å². The van der Waals surface area contributed by atoms with Gasteiger partial charge in [0.1, 0.15) is 0 Å². The van der Waals surface area contributed by atoms with Crippen LogP contribution in [0.4, 0.5) is 5.69 Å². The van der Waals surface area contributed by atoms with Crippen LogP contribution in [0.3, 0.4) is 0 Å². The zero-order valence-corrected chi connectivity index (χ0v) is 20.5. The van der Waals surface area contributed by atoms with E-state index in [0.717, 1.165) is 12.1 Å². The lowest BCUT2D eigenvalue weighted by Gasteiger charge is -1.94. The molecule has 3 rings (SSSR count). The summed E-state index contributed by atoms with van der Waals surface area (Å²) in [6.45, 7) is 10.5. The fourth-order valence-electron chi connectivity index (χ4n) is 2.03. The molecular formula is C25H37IN2. The maximum Gasteiger partial charge on any atom is 0.0314 e. The first-order chi connectivity index (χ1) is 12.9. The SMILES string of the molecule is CCc1ccc(C)cc1.CN.Cc1ccc(C)cc1.Cc1ccc(N)cc1.I. The van der Waals surface area contributed by atoms with Gasteiger partial charge in [0.2, 0.25) is 0 Å². The van der Waals surface area contributed by atoms with Crippen molar-refractivity contribution < 1.29 is 0 Å². The van der Waals surface area contributed by atoms with Gasteiger partial charge in [-0.25, -0.2) is 0 Å². The summed E-state index contributed by atoms with van der Waals surface area (Å²) >= 11 is 0. The van der Waals surface area contributed by atoms with E-state index < -0.39 is 0 Å². The lowest BCUT2D eigenvalue weighted by molar-refractivity contribution is 1.14. The Kier molecular flexibility index (Phi) is 17.5. The Hall–Kier alpha value is -1.85. The molecule has 0 spiro atoms. The van der Waals surface area contributed by atoms with Gasteiger partial charge in [0.25, 0.3) is 0 Å². The maximum absolute atomic E-state index is 5.43. The average Bonchev–Trinajstić information content (AvgIpc) is 2.70. The Morgan fingerprint density at radius 1 is 0.536 bits per heavy atom. The number of aryl methyl sites for hydroxylation is 5. The first-order valence-electron chi connectivity index (χ1n) is 9.39. The van der Waals surface area contributed by atoms with Crippen LogP contribution in [0.5, 0.6) is 0 Å². The molecule has 3 aromatic rings. The van der Waals surface area contributed by atoms with Gasteiger partial charge in [0.15, 0.2) is 0 Å². The van der Waals surface area contributed by atoms with Crippen molar-refractivity contribution in [2.24, 2.45) is 5.73 Å². The van der Waals surface area contributed by atoms with Crippen molar-refractivity contribution >= 4 is 29.7 Å². The van der Waals surface area contributed by atoms with E-state index in [1.54, 1.807) is 0 Å². The molecular weight excluding hydrogens is 455 g/mol. The van der Waals surface area contributed by atoms with Gasteiger partial charge in [0, 0.05) is 5.69 Å². The van der Waals surface area contributed by atoms with Gasteiger partial charge < -0.3 is 11.5 Å². The van der Waals surface area contributed by atoms with Gasteiger partial charge in [-0.05, 0) is 58.9 Å². The molecule has 0 bridgehead atoms. The molecule has 0 unspecified atom stereocenters. The standard InChI is InChI=1S/C9H12.C8H10.C7H9N.CH5N.HI/c1-3-9-6-4-8(2)5-7-9;1-7-3-5-8(2)6-4-7;1-6-2-4-7(8)5-3-6;1-2;/h4-7H,3H2,1-2H3;3-6H,1-2H3;2-5H,8H2,1H3;2H2,1H3;1H. The van der Waals surface area contributed by atoms with Crippen LogP contribution in [0.1, 0.15) is 34.7 Å². The van der Waals surface area contributed by atoms with Gasteiger partial charge in [0.05, 0.1) is 0 Å². The van der Waals surface area contributed by atoms with E-state index in [4.69, 9.17) is 5.73 Å². The summed E-state index contributed by atoms with van der Waals surface area (Å²) in [5.41, 5.74) is 17.4. The van der Waals surface area contributed by atoms with Crippen LogP contribution in [0.15, 0.2) is 72.8 Å².